The van der Waals surface area contributed by atoms with Crippen molar-refractivity contribution in [2.75, 3.05) is 6.61 Å². The Bertz CT molecular complexity index is 1130. The largest absolute Gasteiger partial charge is 0.462 e. The third-order valence-corrected chi connectivity index (χ3v) is 7.86. The molecule has 1 saturated heterocycles. The van der Waals surface area contributed by atoms with E-state index in [1.807, 2.05) is 0 Å². The molecule has 2 unspecified atom stereocenters. The zero-order valence-electron chi connectivity index (χ0n) is 22.2. The summed E-state index contributed by atoms with van der Waals surface area (Å²) in [5.74, 6) is -3.78. The summed E-state index contributed by atoms with van der Waals surface area (Å²) in [7, 11) is 0. The van der Waals surface area contributed by atoms with Crippen LogP contribution in [0.25, 0.3) is 0 Å². The van der Waals surface area contributed by atoms with Crippen LogP contribution in [0.3, 0.4) is 0 Å². The molecule has 2 atom stereocenters. The van der Waals surface area contributed by atoms with Gasteiger partial charge in [0.25, 0.3) is 6.43 Å². The van der Waals surface area contributed by atoms with Crippen molar-refractivity contribution in [2.45, 2.75) is 76.9 Å². The molecule has 0 bridgehead atoms. The van der Waals surface area contributed by atoms with Crippen molar-refractivity contribution in [3.05, 3.63) is 71.2 Å². The highest BCUT2D eigenvalue weighted by atomic mass is 19.3. The van der Waals surface area contributed by atoms with Crippen LogP contribution < -0.4 is 9.47 Å². The molecule has 1 aliphatic carbocycles. The molecule has 2 aromatic rings. The summed E-state index contributed by atoms with van der Waals surface area (Å²) in [6.45, 7) is 2.66. The first kappa shape index (κ1) is 30.2. The highest BCUT2D eigenvalue weighted by Gasteiger charge is 2.42. The molecule has 3 nitrogen and oxygen atoms in total. The van der Waals surface area contributed by atoms with E-state index in [-0.39, 0.29) is 5.56 Å². The third kappa shape index (κ3) is 7.50. The lowest BCUT2D eigenvalue weighted by Crippen LogP contribution is -2.30. The molecule has 0 spiro atoms. The number of benzene rings is 2. The van der Waals surface area contributed by atoms with E-state index in [9.17, 15) is 30.7 Å². The van der Waals surface area contributed by atoms with Crippen molar-refractivity contribution in [2.24, 2.45) is 17.8 Å². The van der Waals surface area contributed by atoms with Gasteiger partial charge in [-0.2, -0.15) is 8.78 Å². The molecule has 0 radical (unpaired) electrons. The predicted molar refractivity (Wildman–Crippen MR) is 135 cm³/mol. The summed E-state index contributed by atoms with van der Waals surface area (Å²) >= 11 is 0. The van der Waals surface area contributed by atoms with Crippen LogP contribution in [0.1, 0.15) is 75.5 Å². The Hall–Kier alpha value is -2.75. The number of allylic oxidation sites excluding steroid dienone is 1. The number of alkyl halides is 4. The average molecular weight is 575 g/mol. The molecule has 4 rings (SSSR count). The van der Waals surface area contributed by atoms with Gasteiger partial charge in [0, 0.05) is 12.1 Å². The number of hydrogen-bond donors (Lipinski definition) is 0. The molecule has 0 aromatic heterocycles. The van der Waals surface area contributed by atoms with Gasteiger partial charge < -0.3 is 14.2 Å². The monoisotopic (exact) mass is 574 g/mol. The van der Waals surface area contributed by atoms with E-state index >= 15 is 0 Å². The molecule has 1 aliphatic heterocycles. The second-order valence-electron chi connectivity index (χ2n) is 10.6. The molecule has 1 saturated carbocycles. The Morgan fingerprint density at radius 3 is 2.17 bits per heavy atom. The van der Waals surface area contributed by atoms with Crippen molar-refractivity contribution in [1.82, 2.24) is 0 Å². The number of halogens is 7. The van der Waals surface area contributed by atoms with Crippen LogP contribution >= 0.6 is 0 Å². The molecule has 2 aromatic carbocycles. The average Bonchev–Trinajstić information content (AvgIpc) is 2.90. The SMILES string of the molecule is CCCC1CCC(C2CCC(c3cc(F)c(C(F)(F)Oc4ccc(O/C=C/C(F)F)c(F)c4)c(F)c3)OC2)CC1. The van der Waals surface area contributed by atoms with Crippen LogP contribution in [0, 0.1) is 35.2 Å². The van der Waals surface area contributed by atoms with Crippen molar-refractivity contribution in [3.8, 4) is 11.5 Å². The zero-order chi connectivity index (χ0) is 28.9. The Morgan fingerprint density at radius 1 is 0.925 bits per heavy atom. The Labute approximate surface area is 229 Å². The zero-order valence-corrected chi connectivity index (χ0v) is 22.2. The van der Waals surface area contributed by atoms with Gasteiger partial charge in [0.05, 0.1) is 19.0 Å². The number of ether oxygens (including phenoxy) is 3. The van der Waals surface area contributed by atoms with Gasteiger partial charge in [-0.1, -0.05) is 32.6 Å². The molecular formula is C30H33F7O3. The first-order chi connectivity index (χ1) is 19.1. The lowest BCUT2D eigenvalue weighted by atomic mass is 9.73. The first-order valence-electron chi connectivity index (χ1n) is 13.7. The fraction of sp³-hybridized carbons (Fsp3) is 0.533. The van der Waals surface area contributed by atoms with Gasteiger partial charge in [0.2, 0.25) is 0 Å². The van der Waals surface area contributed by atoms with Crippen molar-refractivity contribution >= 4 is 0 Å². The van der Waals surface area contributed by atoms with Crippen molar-refractivity contribution in [1.29, 1.82) is 0 Å². The molecule has 220 valence electrons. The maximum absolute atomic E-state index is 14.9. The summed E-state index contributed by atoms with van der Waals surface area (Å²) < 4.78 is 113. The van der Waals surface area contributed by atoms with E-state index in [2.05, 4.69) is 16.4 Å². The molecule has 10 heteroatoms. The highest BCUT2D eigenvalue weighted by Crippen LogP contribution is 2.43. The second-order valence-corrected chi connectivity index (χ2v) is 10.6. The fourth-order valence-electron chi connectivity index (χ4n) is 5.83. The summed E-state index contributed by atoms with van der Waals surface area (Å²) in [5, 5.41) is 0. The Balaban J connectivity index is 1.38. The molecule has 0 N–H and O–H groups in total. The molecular weight excluding hydrogens is 541 g/mol. The van der Waals surface area contributed by atoms with Gasteiger partial charge in [-0.25, -0.2) is 22.0 Å². The van der Waals surface area contributed by atoms with Crippen LogP contribution in [-0.2, 0) is 10.8 Å². The fourth-order valence-corrected chi connectivity index (χ4v) is 5.83. The van der Waals surface area contributed by atoms with E-state index in [0.717, 1.165) is 49.4 Å². The van der Waals surface area contributed by atoms with Crippen LogP contribution in [0.4, 0.5) is 30.7 Å². The Morgan fingerprint density at radius 2 is 1.60 bits per heavy atom. The van der Waals surface area contributed by atoms with E-state index < -0.39 is 53.2 Å². The van der Waals surface area contributed by atoms with E-state index in [1.54, 1.807) is 0 Å². The van der Waals surface area contributed by atoms with Crippen LogP contribution in [-0.4, -0.2) is 13.0 Å². The lowest BCUT2D eigenvalue weighted by Gasteiger charge is -2.38. The first-order valence-corrected chi connectivity index (χ1v) is 13.7. The van der Waals surface area contributed by atoms with Crippen molar-refractivity contribution < 1.29 is 44.9 Å². The second kappa shape index (κ2) is 13.3. The minimum atomic E-state index is -4.48. The Kier molecular flexibility index (Phi) is 10.0. The smallest absolute Gasteiger partial charge is 0.432 e. The standard InChI is InChI=1S/C30H33F7O3/c1-2-3-18-4-6-19(7-5-18)20-8-10-26(39-17-20)21-14-24(32)29(25(33)15-21)30(36,37)40-22-9-11-27(23(31)16-22)38-13-12-28(34)35/h9,11-16,18-20,26,28H,2-8,10,17H2,1H3/b13-12+. The summed E-state index contributed by atoms with van der Waals surface area (Å²) in [6.07, 6.45) is 1.54. The van der Waals surface area contributed by atoms with Crippen molar-refractivity contribution in [3.63, 3.8) is 0 Å². The maximum Gasteiger partial charge on any atom is 0.432 e. The van der Waals surface area contributed by atoms with Crippen LogP contribution in [0.2, 0.25) is 0 Å². The van der Waals surface area contributed by atoms with Gasteiger partial charge in [-0.3, -0.25) is 0 Å². The van der Waals surface area contributed by atoms with E-state index in [1.165, 1.54) is 25.7 Å². The number of hydrogen-bond acceptors (Lipinski definition) is 3. The third-order valence-electron chi connectivity index (χ3n) is 7.86. The molecule has 2 aliphatic rings. The summed E-state index contributed by atoms with van der Waals surface area (Å²) in [5.41, 5.74) is -1.49. The summed E-state index contributed by atoms with van der Waals surface area (Å²) in [4.78, 5) is 0. The maximum atomic E-state index is 14.9. The predicted octanol–water partition coefficient (Wildman–Crippen LogP) is 9.46. The van der Waals surface area contributed by atoms with Gasteiger partial charge in [0.1, 0.15) is 22.9 Å². The minimum Gasteiger partial charge on any atom is -0.462 e. The normalized spacial score (nSPS) is 24.0. The van der Waals surface area contributed by atoms with E-state index in [4.69, 9.17) is 4.74 Å². The molecule has 40 heavy (non-hydrogen) atoms. The molecule has 0 amide bonds. The lowest BCUT2D eigenvalue weighted by molar-refractivity contribution is -0.189. The highest BCUT2D eigenvalue weighted by molar-refractivity contribution is 5.35. The van der Waals surface area contributed by atoms with Gasteiger partial charge in [-0.15, -0.1) is 0 Å². The van der Waals surface area contributed by atoms with Gasteiger partial charge in [0.15, 0.2) is 11.6 Å². The van der Waals surface area contributed by atoms with Crippen LogP contribution in [0.15, 0.2) is 42.7 Å². The minimum absolute atomic E-state index is 0.129. The van der Waals surface area contributed by atoms with E-state index in [0.29, 0.717) is 43.3 Å². The topological polar surface area (TPSA) is 27.7 Å². The molecule has 2 fully saturated rings. The summed E-state index contributed by atoms with van der Waals surface area (Å²) in [6, 6.07) is 3.85. The van der Waals surface area contributed by atoms with Crippen LogP contribution in [0.5, 0.6) is 11.5 Å². The van der Waals surface area contributed by atoms with Gasteiger partial charge in [-0.05, 0) is 73.3 Å². The number of rotatable bonds is 10. The molecule has 1 heterocycles. The quantitative estimate of drug-likeness (QED) is 0.209. The van der Waals surface area contributed by atoms with Gasteiger partial charge >= 0.3 is 6.11 Å².